The van der Waals surface area contributed by atoms with Gasteiger partial charge in [0.15, 0.2) is 11.5 Å². The second-order valence-electron chi connectivity index (χ2n) is 9.12. The maximum Gasteiger partial charge on any atom is 0.272 e. The van der Waals surface area contributed by atoms with Gasteiger partial charge in [-0.25, -0.2) is 0 Å². The highest BCUT2D eigenvalue weighted by atomic mass is 16.5. The Bertz CT molecular complexity index is 1090. The van der Waals surface area contributed by atoms with Crippen molar-refractivity contribution in [3.05, 3.63) is 72.1 Å². The van der Waals surface area contributed by atoms with E-state index in [4.69, 9.17) is 9.47 Å². The highest BCUT2D eigenvalue weighted by molar-refractivity contribution is 5.92. The third-order valence-corrected chi connectivity index (χ3v) is 6.90. The van der Waals surface area contributed by atoms with Crippen molar-refractivity contribution in [2.24, 2.45) is 0 Å². The molecule has 2 aromatic carbocycles. The molecule has 2 fully saturated rings. The van der Waals surface area contributed by atoms with Gasteiger partial charge < -0.3 is 19.3 Å². The van der Waals surface area contributed by atoms with E-state index in [2.05, 4.69) is 39.4 Å². The number of rotatable bonds is 7. The minimum Gasteiger partial charge on any atom is -0.493 e. The van der Waals surface area contributed by atoms with Gasteiger partial charge >= 0.3 is 0 Å². The first kappa shape index (κ1) is 22.3. The number of amides is 1. The summed E-state index contributed by atoms with van der Waals surface area (Å²) in [5.74, 6) is 1.57. The molecule has 2 aliphatic rings. The molecule has 1 amide bonds. The van der Waals surface area contributed by atoms with Crippen LogP contribution in [0.1, 0.15) is 43.2 Å². The van der Waals surface area contributed by atoms with Crippen LogP contribution in [0.25, 0.3) is 0 Å². The Morgan fingerprint density at radius 3 is 2.65 bits per heavy atom. The van der Waals surface area contributed by atoms with E-state index in [1.807, 2.05) is 29.2 Å². The zero-order valence-electron chi connectivity index (χ0n) is 19.7. The van der Waals surface area contributed by atoms with Crippen LogP contribution in [0.2, 0.25) is 0 Å². The molecular weight excluding hydrogens is 428 g/mol. The van der Waals surface area contributed by atoms with E-state index in [-0.39, 0.29) is 19.5 Å². The highest BCUT2D eigenvalue weighted by Crippen LogP contribution is 2.36. The van der Waals surface area contributed by atoms with Crippen LogP contribution in [0.5, 0.6) is 11.5 Å². The van der Waals surface area contributed by atoms with E-state index >= 15 is 0 Å². The van der Waals surface area contributed by atoms with E-state index in [1.165, 1.54) is 18.4 Å². The molecule has 34 heavy (non-hydrogen) atoms. The number of piperazine rings is 1. The monoisotopic (exact) mass is 462 g/mol. The number of carbonyl (C=O) groups is 1. The molecule has 1 aliphatic carbocycles. The second kappa shape index (κ2) is 10.2. The number of anilines is 1. The molecule has 1 aliphatic heterocycles. The lowest BCUT2D eigenvalue weighted by Gasteiger charge is -2.42. The first-order chi connectivity index (χ1) is 16.7. The van der Waals surface area contributed by atoms with Crippen LogP contribution in [0, 0.1) is 0 Å². The largest absolute Gasteiger partial charge is 0.493 e. The van der Waals surface area contributed by atoms with Gasteiger partial charge in [-0.05, 0) is 55.9 Å². The van der Waals surface area contributed by atoms with E-state index in [1.54, 1.807) is 19.4 Å². The third kappa shape index (κ3) is 4.88. The average Bonchev–Trinajstić information content (AvgIpc) is 3.59. The summed E-state index contributed by atoms with van der Waals surface area (Å²) in [5, 5.41) is 6.80. The lowest BCUT2D eigenvalue weighted by Crippen LogP contribution is -2.56. The van der Waals surface area contributed by atoms with E-state index in [0.717, 1.165) is 49.5 Å². The summed E-state index contributed by atoms with van der Waals surface area (Å²) < 4.78 is 11.9. The van der Waals surface area contributed by atoms with Crippen molar-refractivity contribution in [1.82, 2.24) is 15.1 Å². The third-order valence-electron chi connectivity index (χ3n) is 6.90. The number of benzene rings is 2. The van der Waals surface area contributed by atoms with Gasteiger partial charge in [0.25, 0.3) is 5.91 Å². The summed E-state index contributed by atoms with van der Waals surface area (Å²) >= 11 is 0. The molecule has 7 heteroatoms. The smallest absolute Gasteiger partial charge is 0.272 e. The fourth-order valence-corrected chi connectivity index (χ4v) is 5.09. The maximum absolute atomic E-state index is 13.2. The quantitative estimate of drug-likeness (QED) is 0.557. The van der Waals surface area contributed by atoms with Crippen LogP contribution in [0.4, 0.5) is 5.69 Å². The van der Waals surface area contributed by atoms with E-state index in [0.29, 0.717) is 12.2 Å². The minimum absolute atomic E-state index is 0. The molecule has 180 valence electrons. The van der Waals surface area contributed by atoms with Gasteiger partial charge in [-0.3, -0.25) is 9.89 Å². The van der Waals surface area contributed by atoms with Crippen molar-refractivity contribution in [2.45, 2.75) is 44.2 Å². The molecule has 1 atom stereocenters. The van der Waals surface area contributed by atoms with Gasteiger partial charge in [-0.2, -0.15) is 5.10 Å². The molecule has 5 rings (SSSR count). The molecule has 2 heterocycles. The normalized spacial score (nSPS) is 18.8. The summed E-state index contributed by atoms with van der Waals surface area (Å²) in [6, 6.07) is 18.3. The van der Waals surface area contributed by atoms with Gasteiger partial charge in [0, 0.05) is 39.0 Å². The summed E-state index contributed by atoms with van der Waals surface area (Å²) in [6.07, 6.45) is 7.32. The van der Waals surface area contributed by atoms with E-state index in [9.17, 15) is 4.79 Å². The average molecular weight is 463 g/mol. The molecule has 1 saturated carbocycles. The highest BCUT2D eigenvalue weighted by Gasteiger charge is 2.32. The van der Waals surface area contributed by atoms with Crippen molar-refractivity contribution in [3.63, 3.8) is 0 Å². The zero-order chi connectivity index (χ0) is 23.3. The minimum atomic E-state index is -0.00179. The maximum atomic E-state index is 13.2. The number of hydrogen-bond acceptors (Lipinski definition) is 5. The van der Waals surface area contributed by atoms with Crippen LogP contribution < -0.4 is 14.4 Å². The topological polar surface area (TPSA) is 70.7 Å². The Labute approximate surface area is 202 Å². The van der Waals surface area contributed by atoms with Crippen LogP contribution in [0.15, 0.2) is 60.8 Å². The lowest BCUT2D eigenvalue weighted by atomic mass is 10.0. The predicted octanol–water partition coefficient (Wildman–Crippen LogP) is 4.56. The molecule has 0 spiro atoms. The number of nitrogens with zero attached hydrogens (tertiary/aromatic N) is 3. The van der Waals surface area contributed by atoms with Gasteiger partial charge in [0.05, 0.1) is 19.3 Å². The molecule has 1 aromatic heterocycles. The van der Waals surface area contributed by atoms with Crippen molar-refractivity contribution >= 4 is 11.6 Å². The van der Waals surface area contributed by atoms with Crippen molar-refractivity contribution in [1.29, 1.82) is 0 Å². The van der Waals surface area contributed by atoms with Crippen LogP contribution >= 0.6 is 0 Å². The molecule has 1 saturated heterocycles. The number of carbonyl (C=O) groups excluding carboxylic acids is 1. The Morgan fingerprint density at radius 2 is 1.91 bits per heavy atom. The zero-order valence-corrected chi connectivity index (χ0v) is 19.7. The summed E-state index contributed by atoms with van der Waals surface area (Å²) in [4.78, 5) is 17.6. The predicted molar refractivity (Wildman–Crippen MR) is 134 cm³/mol. The number of aromatic amines is 1. The number of methoxy groups -OCH3 is 1. The van der Waals surface area contributed by atoms with Crippen LogP contribution in [0.3, 0.4) is 0 Å². The summed E-state index contributed by atoms with van der Waals surface area (Å²) in [5.41, 5.74) is 2.85. The van der Waals surface area contributed by atoms with Gasteiger partial charge in [0.2, 0.25) is 0 Å². The van der Waals surface area contributed by atoms with E-state index < -0.39 is 0 Å². The van der Waals surface area contributed by atoms with Gasteiger partial charge in [-0.15, -0.1) is 0 Å². The fourth-order valence-electron chi connectivity index (χ4n) is 5.09. The molecule has 0 radical (unpaired) electrons. The van der Waals surface area contributed by atoms with Crippen molar-refractivity contribution in [3.8, 4) is 11.5 Å². The molecule has 0 bridgehead atoms. The fraction of sp³-hybridized carbons (Fsp3) is 0.407. The number of aromatic nitrogens is 2. The molecule has 1 N–H and O–H groups in total. The number of H-pyrrole nitrogens is 1. The van der Waals surface area contributed by atoms with Crippen LogP contribution in [-0.4, -0.2) is 59.9 Å². The van der Waals surface area contributed by atoms with Gasteiger partial charge in [-0.1, -0.05) is 30.3 Å². The lowest BCUT2D eigenvalue weighted by molar-refractivity contribution is 0.0650. The summed E-state index contributed by atoms with van der Waals surface area (Å²) in [7, 11) is 1.69. The molecular formula is C27H34N4O3. The van der Waals surface area contributed by atoms with Gasteiger partial charge in [0.1, 0.15) is 5.69 Å². The SMILES string of the molecule is COc1ccc(N2CCN(C(=O)c3ccn[nH]3)[C@@H](Cc3ccccc3)C2)cc1OC1CCCC1.[HH]. The molecule has 7 nitrogen and oxygen atoms in total. The molecule has 0 unspecified atom stereocenters. The Hall–Kier alpha value is -3.48. The Morgan fingerprint density at radius 1 is 1.09 bits per heavy atom. The number of nitrogens with one attached hydrogen (secondary N) is 1. The first-order valence-corrected chi connectivity index (χ1v) is 12.1. The Kier molecular flexibility index (Phi) is 6.70. The second-order valence-corrected chi connectivity index (χ2v) is 9.12. The Balaban J connectivity index is 0.00000289. The number of ether oxygens (including phenoxy) is 2. The molecule has 3 aromatic rings. The van der Waals surface area contributed by atoms with Crippen molar-refractivity contribution < 1.29 is 15.7 Å². The number of hydrogen-bond donors (Lipinski definition) is 1. The summed E-state index contributed by atoms with van der Waals surface area (Å²) in [6.45, 7) is 2.13. The van der Waals surface area contributed by atoms with Crippen molar-refractivity contribution in [2.75, 3.05) is 31.6 Å². The standard InChI is InChI=1S/C27H32N4O3.H2/c1-33-25-12-11-21(18-26(25)34-23-9-5-6-10-23)30-15-16-31(27(32)24-13-14-28-29-24)22(19-30)17-20-7-3-2-4-8-20;/h2-4,7-8,11-14,18,22-23H,5-6,9-10,15-17,19H2,1H3,(H,28,29);1H/t22-;/m0./s1. The first-order valence-electron chi connectivity index (χ1n) is 12.1. The van der Waals surface area contributed by atoms with Crippen LogP contribution in [-0.2, 0) is 6.42 Å².